The molecular formula is C24H33ClN2O. The first-order valence-electron chi connectivity index (χ1n) is 10.2. The van der Waals surface area contributed by atoms with Gasteiger partial charge in [-0.15, -0.1) is 12.4 Å². The van der Waals surface area contributed by atoms with Gasteiger partial charge in [0.05, 0.1) is 5.92 Å². The van der Waals surface area contributed by atoms with Crippen molar-refractivity contribution in [1.29, 1.82) is 0 Å². The summed E-state index contributed by atoms with van der Waals surface area (Å²) in [5, 5.41) is 3.48. The van der Waals surface area contributed by atoms with E-state index in [2.05, 4.69) is 76.0 Å². The summed E-state index contributed by atoms with van der Waals surface area (Å²) in [6, 6.07) is 8.99. The molecule has 2 aliphatic rings. The number of anilines is 1. The van der Waals surface area contributed by atoms with E-state index < -0.39 is 0 Å². The average Bonchev–Trinajstić information content (AvgIpc) is 2.93. The minimum Gasteiger partial charge on any atom is -0.486 e. The lowest BCUT2D eigenvalue weighted by atomic mass is 9.78. The van der Waals surface area contributed by atoms with Crippen molar-refractivity contribution in [3.63, 3.8) is 0 Å². The van der Waals surface area contributed by atoms with Crippen molar-refractivity contribution in [3.05, 3.63) is 57.6 Å². The highest BCUT2D eigenvalue weighted by Crippen LogP contribution is 2.54. The molecule has 0 saturated carbocycles. The van der Waals surface area contributed by atoms with E-state index in [4.69, 9.17) is 4.74 Å². The van der Waals surface area contributed by atoms with Crippen molar-refractivity contribution in [2.24, 2.45) is 0 Å². The average molecular weight is 401 g/mol. The Kier molecular flexibility index (Phi) is 5.71. The maximum absolute atomic E-state index is 6.60. The van der Waals surface area contributed by atoms with Crippen molar-refractivity contribution in [2.45, 2.75) is 53.1 Å². The smallest absolute Gasteiger partial charge is 0.127 e. The summed E-state index contributed by atoms with van der Waals surface area (Å²) in [5.41, 5.74) is 9.27. The summed E-state index contributed by atoms with van der Waals surface area (Å²) in [6.45, 7) is 17.6. The van der Waals surface area contributed by atoms with Crippen molar-refractivity contribution >= 4 is 18.1 Å². The van der Waals surface area contributed by atoms with E-state index in [1.165, 1.54) is 39.1 Å². The third kappa shape index (κ3) is 3.29. The first-order chi connectivity index (χ1) is 12.8. The Balaban J connectivity index is 0.00000225. The van der Waals surface area contributed by atoms with E-state index in [1.807, 2.05) is 0 Å². The highest BCUT2D eigenvalue weighted by molar-refractivity contribution is 5.85. The van der Waals surface area contributed by atoms with Crippen LogP contribution in [-0.4, -0.2) is 31.8 Å². The van der Waals surface area contributed by atoms with Gasteiger partial charge in [0.1, 0.15) is 11.4 Å². The monoisotopic (exact) mass is 400 g/mol. The molecule has 1 atom stereocenters. The van der Waals surface area contributed by atoms with Gasteiger partial charge < -0.3 is 15.0 Å². The number of nitrogens with zero attached hydrogens (tertiary/aromatic N) is 1. The van der Waals surface area contributed by atoms with Crippen molar-refractivity contribution in [3.8, 4) is 5.75 Å². The summed E-state index contributed by atoms with van der Waals surface area (Å²) >= 11 is 0. The highest BCUT2D eigenvalue weighted by atomic mass is 35.5. The zero-order valence-electron chi connectivity index (χ0n) is 18.0. The van der Waals surface area contributed by atoms with Gasteiger partial charge in [-0.3, -0.25) is 0 Å². The van der Waals surface area contributed by atoms with Crippen LogP contribution in [-0.2, 0) is 0 Å². The minimum atomic E-state index is -0.248. The fourth-order valence-corrected chi connectivity index (χ4v) is 4.97. The second kappa shape index (κ2) is 7.61. The minimum absolute atomic E-state index is 0. The zero-order chi connectivity index (χ0) is 19.3. The molecular weight excluding hydrogens is 368 g/mol. The number of rotatable bonds is 2. The molecule has 0 bridgehead atoms. The van der Waals surface area contributed by atoms with Crippen molar-refractivity contribution < 1.29 is 4.74 Å². The molecule has 3 nitrogen and oxygen atoms in total. The fourth-order valence-electron chi connectivity index (χ4n) is 4.97. The lowest BCUT2D eigenvalue weighted by Crippen LogP contribution is -2.44. The first kappa shape index (κ1) is 21.0. The Bertz CT molecular complexity index is 867. The molecule has 2 aromatic carbocycles. The SMILES string of the molecule is Cc1ccc(C2c3c(C)c(N4CCNCC4)c(C)c(C)c3OC2(C)C)cc1.Cl. The number of ether oxygens (including phenoxy) is 1. The van der Waals surface area contributed by atoms with E-state index in [1.54, 1.807) is 0 Å². The van der Waals surface area contributed by atoms with Gasteiger partial charge in [0.2, 0.25) is 0 Å². The molecule has 1 fully saturated rings. The van der Waals surface area contributed by atoms with Crippen LogP contribution in [0.15, 0.2) is 24.3 Å². The molecule has 2 aliphatic heterocycles. The Morgan fingerprint density at radius 3 is 2.14 bits per heavy atom. The van der Waals surface area contributed by atoms with Crippen LogP contribution in [0.4, 0.5) is 5.69 Å². The third-order valence-corrected chi connectivity index (χ3v) is 6.46. The molecule has 0 radical (unpaired) electrons. The van der Waals surface area contributed by atoms with Crippen LogP contribution in [0, 0.1) is 27.7 Å². The van der Waals surface area contributed by atoms with Gasteiger partial charge in [0, 0.05) is 37.4 Å². The normalized spacial score (nSPS) is 20.4. The van der Waals surface area contributed by atoms with Crippen LogP contribution in [0.25, 0.3) is 0 Å². The quantitative estimate of drug-likeness (QED) is 0.762. The van der Waals surface area contributed by atoms with E-state index in [0.29, 0.717) is 0 Å². The molecule has 1 saturated heterocycles. The largest absolute Gasteiger partial charge is 0.486 e. The van der Waals surface area contributed by atoms with Crippen molar-refractivity contribution in [1.82, 2.24) is 5.32 Å². The van der Waals surface area contributed by atoms with Crippen LogP contribution in [0.5, 0.6) is 5.75 Å². The van der Waals surface area contributed by atoms with E-state index >= 15 is 0 Å². The lowest BCUT2D eigenvalue weighted by molar-refractivity contribution is 0.121. The standard InChI is InChI=1S/C24H32N2O.ClH/c1-15-7-9-19(10-8-15)21-20-18(4)22(26-13-11-25-12-14-26)16(2)17(3)23(20)27-24(21,5)6;/h7-10,21,25H,11-14H2,1-6H3;1H. The first-order valence-corrected chi connectivity index (χ1v) is 10.2. The second-order valence-electron chi connectivity index (χ2n) is 8.75. The molecule has 152 valence electrons. The fraction of sp³-hybridized carbons (Fsp3) is 0.500. The maximum Gasteiger partial charge on any atom is 0.127 e. The Morgan fingerprint density at radius 1 is 0.929 bits per heavy atom. The molecule has 1 unspecified atom stereocenters. The number of halogens is 1. The lowest BCUT2D eigenvalue weighted by Gasteiger charge is -2.34. The molecule has 4 heteroatoms. The van der Waals surface area contributed by atoms with Gasteiger partial charge in [-0.1, -0.05) is 29.8 Å². The number of hydrogen-bond donors (Lipinski definition) is 1. The Labute approximate surface area is 175 Å². The van der Waals surface area contributed by atoms with Gasteiger partial charge in [0.25, 0.3) is 0 Å². The van der Waals surface area contributed by atoms with Crippen LogP contribution in [0.2, 0.25) is 0 Å². The van der Waals surface area contributed by atoms with E-state index in [9.17, 15) is 0 Å². The second-order valence-corrected chi connectivity index (χ2v) is 8.75. The molecule has 0 aromatic heterocycles. The van der Waals surface area contributed by atoms with E-state index in [-0.39, 0.29) is 23.9 Å². The number of nitrogens with one attached hydrogen (secondary N) is 1. The molecule has 28 heavy (non-hydrogen) atoms. The number of aryl methyl sites for hydroxylation is 1. The maximum atomic E-state index is 6.60. The summed E-state index contributed by atoms with van der Waals surface area (Å²) in [7, 11) is 0. The molecule has 1 N–H and O–H groups in total. The zero-order valence-corrected chi connectivity index (χ0v) is 18.8. The van der Waals surface area contributed by atoms with Crippen LogP contribution in [0.1, 0.15) is 53.1 Å². The Morgan fingerprint density at radius 2 is 1.54 bits per heavy atom. The number of hydrogen-bond acceptors (Lipinski definition) is 3. The Hall–Kier alpha value is -1.71. The van der Waals surface area contributed by atoms with Gasteiger partial charge in [0.15, 0.2) is 0 Å². The van der Waals surface area contributed by atoms with Gasteiger partial charge in [-0.25, -0.2) is 0 Å². The molecule has 4 rings (SSSR count). The molecule has 0 aliphatic carbocycles. The van der Waals surface area contributed by atoms with Crippen LogP contribution < -0.4 is 15.0 Å². The van der Waals surface area contributed by atoms with Crippen LogP contribution in [0.3, 0.4) is 0 Å². The predicted molar refractivity (Wildman–Crippen MR) is 121 cm³/mol. The van der Waals surface area contributed by atoms with Gasteiger partial charge in [-0.05, 0) is 63.8 Å². The van der Waals surface area contributed by atoms with Gasteiger partial charge >= 0.3 is 0 Å². The summed E-state index contributed by atoms with van der Waals surface area (Å²) in [4.78, 5) is 2.56. The summed E-state index contributed by atoms with van der Waals surface area (Å²) in [5.74, 6) is 1.37. The van der Waals surface area contributed by atoms with E-state index in [0.717, 1.165) is 31.9 Å². The molecule has 0 spiro atoms. The van der Waals surface area contributed by atoms with Crippen LogP contribution >= 0.6 is 12.4 Å². The van der Waals surface area contributed by atoms with Crippen molar-refractivity contribution in [2.75, 3.05) is 31.1 Å². The highest BCUT2D eigenvalue weighted by Gasteiger charge is 2.45. The molecule has 2 aromatic rings. The third-order valence-electron chi connectivity index (χ3n) is 6.46. The summed E-state index contributed by atoms with van der Waals surface area (Å²) < 4.78 is 6.60. The number of benzene rings is 2. The number of piperazine rings is 1. The molecule has 0 amide bonds. The molecule has 2 heterocycles. The predicted octanol–water partition coefficient (Wildman–Crippen LogP) is 5.05. The number of fused-ring (bicyclic) bond motifs is 1. The summed E-state index contributed by atoms with van der Waals surface area (Å²) in [6.07, 6.45) is 0. The topological polar surface area (TPSA) is 24.5 Å². The van der Waals surface area contributed by atoms with Gasteiger partial charge in [-0.2, -0.15) is 0 Å².